The molecule has 0 radical (unpaired) electrons. The molecule has 0 bridgehead atoms. The number of likely N-dealkylation sites (tertiary alicyclic amines) is 1. The molecule has 2 heterocycles. The maximum Gasteiger partial charge on any atom is 0.306 e. The lowest BCUT2D eigenvalue weighted by atomic mass is 9.88. The van der Waals surface area contributed by atoms with Crippen molar-refractivity contribution in [3.63, 3.8) is 0 Å². The van der Waals surface area contributed by atoms with Crippen LogP contribution in [0.15, 0.2) is 23.3 Å². The Hall–Kier alpha value is -3.30. The van der Waals surface area contributed by atoms with E-state index < -0.39 is 41.2 Å². The lowest BCUT2D eigenvalue weighted by Crippen LogP contribution is -2.54. The highest BCUT2D eigenvalue weighted by atomic mass is 16.6. The third-order valence-electron chi connectivity index (χ3n) is 5.83. The maximum absolute atomic E-state index is 12.9. The molecule has 0 aromatic carbocycles. The zero-order chi connectivity index (χ0) is 25.0. The summed E-state index contributed by atoms with van der Waals surface area (Å²) in [6.07, 6.45) is 5.37. The molecular weight excluding hydrogens is 442 g/mol. The fourth-order valence-electron chi connectivity index (χ4n) is 4.21. The van der Waals surface area contributed by atoms with Crippen LogP contribution < -0.4 is 10.6 Å². The third kappa shape index (κ3) is 6.18. The first-order chi connectivity index (χ1) is 16.0. The molecule has 2 atom stereocenters. The lowest BCUT2D eigenvalue weighted by Gasteiger charge is -2.28. The Morgan fingerprint density at radius 3 is 2.50 bits per heavy atom. The van der Waals surface area contributed by atoms with Crippen LogP contribution in [0.25, 0.3) is 0 Å². The van der Waals surface area contributed by atoms with Gasteiger partial charge in [0, 0.05) is 31.4 Å². The molecule has 1 aliphatic carbocycles. The molecule has 0 aromatic heterocycles. The standard InChI is InChI=1S/C24H31N3O7/c1-24(2,3)34-20(30)7-5-4-6-18(28)25-13-14-8-9-15-16(12-14)23(33)27(22(15)32)17-10-11-19(29)26-21(17)31/h8-9,16-17H,4-7,10-13H2,1-3H3,(H,25,28)(H,26,29,31). The zero-order valence-corrected chi connectivity index (χ0v) is 19.8. The summed E-state index contributed by atoms with van der Waals surface area (Å²) in [5.41, 5.74) is 0.592. The Balaban J connectivity index is 1.44. The highest BCUT2D eigenvalue weighted by Crippen LogP contribution is 2.36. The molecule has 0 spiro atoms. The average molecular weight is 474 g/mol. The van der Waals surface area contributed by atoms with Crippen molar-refractivity contribution >= 4 is 35.5 Å². The second-order valence-electron chi connectivity index (χ2n) is 9.75. The number of ether oxygens (including phenoxy) is 1. The van der Waals surface area contributed by atoms with Crippen molar-refractivity contribution in [3.05, 3.63) is 23.3 Å². The first-order valence-corrected chi connectivity index (χ1v) is 11.6. The van der Waals surface area contributed by atoms with Crippen molar-refractivity contribution in [3.8, 4) is 0 Å². The number of unbranched alkanes of at least 4 members (excludes halogenated alkanes) is 1. The summed E-state index contributed by atoms with van der Waals surface area (Å²) in [5, 5.41) is 4.98. The van der Waals surface area contributed by atoms with E-state index in [2.05, 4.69) is 10.6 Å². The fraction of sp³-hybridized carbons (Fsp3) is 0.583. The van der Waals surface area contributed by atoms with Crippen molar-refractivity contribution in [2.75, 3.05) is 6.54 Å². The van der Waals surface area contributed by atoms with Gasteiger partial charge in [-0.25, -0.2) is 0 Å². The first kappa shape index (κ1) is 25.3. The van der Waals surface area contributed by atoms with Crippen LogP contribution in [-0.2, 0) is 33.5 Å². The SMILES string of the molecule is CC(C)(C)OC(=O)CCCCC(=O)NCC1=CC=C2C(=O)N(C3CCC(=O)NC3=O)C(=O)C2C1. The normalized spacial score (nSPS) is 22.6. The highest BCUT2D eigenvalue weighted by Gasteiger charge is 2.49. The van der Waals surface area contributed by atoms with Crippen LogP contribution in [0.2, 0.25) is 0 Å². The molecule has 0 saturated carbocycles. The van der Waals surface area contributed by atoms with Crippen molar-refractivity contribution in [1.82, 2.24) is 15.5 Å². The van der Waals surface area contributed by atoms with Crippen LogP contribution in [0.4, 0.5) is 0 Å². The number of allylic oxidation sites excluding steroid dienone is 2. The predicted molar refractivity (Wildman–Crippen MR) is 120 cm³/mol. The van der Waals surface area contributed by atoms with E-state index in [1.165, 1.54) is 0 Å². The van der Waals surface area contributed by atoms with Crippen LogP contribution in [0.5, 0.6) is 0 Å². The number of carbonyl (C=O) groups is 6. The van der Waals surface area contributed by atoms with Gasteiger partial charge in [-0.05, 0) is 52.0 Å². The van der Waals surface area contributed by atoms with Gasteiger partial charge in [0.2, 0.25) is 23.6 Å². The Bertz CT molecular complexity index is 974. The molecule has 3 aliphatic rings. The molecule has 5 amide bonds. The highest BCUT2D eigenvalue weighted by molar-refractivity contribution is 6.18. The average Bonchev–Trinajstić information content (AvgIpc) is 2.98. The fourth-order valence-corrected chi connectivity index (χ4v) is 4.21. The van der Waals surface area contributed by atoms with Crippen LogP contribution in [0.1, 0.15) is 65.7 Å². The van der Waals surface area contributed by atoms with Crippen LogP contribution in [0, 0.1) is 5.92 Å². The molecule has 3 rings (SSSR count). The molecule has 2 unspecified atom stereocenters. The number of imide groups is 2. The molecule has 2 aliphatic heterocycles. The van der Waals surface area contributed by atoms with Gasteiger partial charge in [-0.15, -0.1) is 0 Å². The molecular formula is C24H31N3O7. The summed E-state index contributed by atoms with van der Waals surface area (Å²) >= 11 is 0. The zero-order valence-electron chi connectivity index (χ0n) is 19.8. The Kier molecular flexibility index (Phi) is 7.68. The van der Waals surface area contributed by atoms with E-state index in [0.717, 1.165) is 10.5 Å². The second kappa shape index (κ2) is 10.3. The number of rotatable bonds is 8. The summed E-state index contributed by atoms with van der Waals surface area (Å²) in [5.74, 6) is -3.16. The van der Waals surface area contributed by atoms with E-state index in [1.54, 1.807) is 32.9 Å². The van der Waals surface area contributed by atoms with E-state index in [0.29, 0.717) is 18.4 Å². The monoisotopic (exact) mass is 473 g/mol. The van der Waals surface area contributed by atoms with Crippen molar-refractivity contribution in [2.24, 2.45) is 5.92 Å². The number of piperidine rings is 1. The van der Waals surface area contributed by atoms with E-state index in [4.69, 9.17) is 4.74 Å². The Labute approximate surface area is 198 Å². The second-order valence-corrected chi connectivity index (χ2v) is 9.75. The predicted octanol–water partition coefficient (Wildman–Crippen LogP) is 1.05. The van der Waals surface area contributed by atoms with E-state index in [-0.39, 0.29) is 50.5 Å². The number of nitrogens with one attached hydrogen (secondary N) is 2. The van der Waals surface area contributed by atoms with Gasteiger partial charge in [-0.3, -0.25) is 39.0 Å². The van der Waals surface area contributed by atoms with E-state index >= 15 is 0 Å². The first-order valence-electron chi connectivity index (χ1n) is 11.6. The quantitative estimate of drug-likeness (QED) is 0.305. The lowest BCUT2D eigenvalue weighted by molar-refractivity contribution is -0.155. The van der Waals surface area contributed by atoms with Gasteiger partial charge in [0.15, 0.2) is 0 Å². The number of amides is 5. The molecule has 34 heavy (non-hydrogen) atoms. The van der Waals surface area contributed by atoms with Gasteiger partial charge >= 0.3 is 5.97 Å². The molecule has 2 fully saturated rings. The number of hydrogen-bond donors (Lipinski definition) is 2. The van der Waals surface area contributed by atoms with Gasteiger partial charge in [0.25, 0.3) is 5.91 Å². The smallest absolute Gasteiger partial charge is 0.306 e. The number of fused-ring (bicyclic) bond motifs is 1. The summed E-state index contributed by atoms with van der Waals surface area (Å²) in [7, 11) is 0. The number of nitrogens with zero attached hydrogens (tertiary/aromatic N) is 1. The van der Waals surface area contributed by atoms with Gasteiger partial charge < -0.3 is 10.1 Å². The number of hydrogen-bond acceptors (Lipinski definition) is 7. The van der Waals surface area contributed by atoms with Crippen molar-refractivity contribution in [1.29, 1.82) is 0 Å². The number of esters is 1. The molecule has 2 saturated heterocycles. The summed E-state index contributed by atoms with van der Waals surface area (Å²) in [4.78, 5) is 74.1. The van der Waals surface area contributed by atoms with Crippen LogP contribution in [-0.4, -0.2) is 58.6 Å². The van der Waals surface area contributed by atoms with Gasteiger partial charge in [-0.1, -0.05) is 12.2 Å². The molecule has 0 aromatic rings. The van der Waals surface area contributed by atoms with Gasteiger partial charge in [-0.2, -0.15) is 0 Å². The topological polar surface area (TPSA) is 139 Å². The van der Waals surface area contributed by atoms with Gasteiger partial charge in [0.1, 0.15) is 11.6 Å². The number of carbonyl (C=O) groups excluding carboxylic acids is 6. The Morgan fingerprint density at radius 2 is 1.82 bits per heavy atom. The molecule has 2 N–H and O–H groups in total. The minimum atomic E-state index is -0.979. The third-order valence-corrected chi connectivity index (χ3v) is 5.83. The Morgan fingerprint density at radius 1 is 1.12 bits per heavy atom. The molecule has 10 heteroatoms. The molecule has 10 nitrogen and oxygen atoms in total. The van der Waals surface area contributed by atoms with Crippen LogP contribution in [0.3, 0.4) is 0 Å². The van der Waals surface area contributed by atoms with E-state index in [9.17, 15) is 28.8 Å². The molecule has 184 valence electrons. The van der Waals surface area contributed by atoms with Crippen molar-refractivity contribution in [2.45, 2.75) is 77.4 Å². The largest absolute Gasteiger partial charge is 0.460 e. The summed E-state index contributed by atoms with van der Waals surface area (Å²) in [6, 6.07) is -0.979. The van der Waals surface area contributed by atoms with Crippen molar-refractivity contribution < 1.29 is 33.5 Å². The van der Waals surface area contributed by atoms with Crippen LogP contribution >= 0.6 is 0 Å². The minimum absolute atomic E-state index is 0.0739. The summed E-state index contributed by atoms with van der Waals surface area (Å²) in [6.45, 7) is 5.65. The summed E-state index contributed by atoms with van der Waals surface area (Å²) < 4.78 is 5.23. The maximum atomic E-state index is 12.9. The van der Waals surface area contributed by atoms with E-state index in [1.807, 2.05) is 0 Å². The van der Waals surface area contributed by atoms with Gasteiger partial charge in [0.05, 0.1) is 5.92 Å². The minimum Gasteiger partial charge on any atom is -0.460 e.